The molecule has 7 rings (SSSR count). The molecule has 1 heterocycles. The Kier molecular flexibility index (Phi) is 5.65. The van der Waals surface area contributed by atoms with Crippen LogP contribution in [0.2, 0.25) is 0 Å². The Morgan fingerprint density at radius 3 is 1.71 bits per heavy atom. The Hall–Kier alpha value is -1.91. The first-order valence-corrected chi connectivity index (χ1v) is 14.3. The average molecular weight is 524 g/mol. The van der Waals surface area contributed by atoms with Gasteiger partial charge < -0.3 is 17.3 Å². The fourth-order valence-corrected chi connectivity index (χ4v) is 12.9. The van der Waals surface area contributed by atoms with Gasteiger partial charge in [0, 0.05) is 19.3 Å². The van der Waals surface area contributed by atoms with Gasteiger partial charge in [-0.15, -0.1) is 0 Å². The van der Waals surface area contributed by atoms with Crippen LogP contribution in [-0.2, 0) is 20.7 Å². The Morgan fingerprint density at radius 2 is 1.24 bits per heavy atom. The normalized spacial score (nSPS) is 25.1. The molecule has 1 aliphatic heterocycles. The zero-order valence-electron chi connectivity index (χ0n) is 18.2. The minimum absolute atomic E-state index is 0.0582. The third-order valence-corrected chi connectivity index (χ3v) is 13.4. The third kappa shape index (κ3) is 3.87. The Labute approximate surface area is 203 Å². The number of sulfone groups is 1. The lowest BCUT2D eigenvalue weighted by atomic mass is 9.54. The summed E-state index contributed by atoms with van der Waals surface area (Å²) in [5.74, 6) is 0. The van der Waals surface area contributed by atoms with Crippen molar-refractivity contribution in [2.75, 3.05) is 0 Å². The fourth-order valence-electron chi connectivity index (χ4n) is 5.18. The zero-order chi connectivity index (χ0) is 24.4. The van der Waals surface area contributed by atoms with Crippen LogP contribution in [0.1, 0.15) is 24.8 Å². The van der Waals surface area contributed by atoms with Crippen LogP contribution in [0.15, 0.2) is 97.3 Å². The van der Waals surface area contributed by atoms with Gasteiger partial charge in [0.1, 0.15) is 4.75 Å². The summed E-state index contributed by atoms with van der Waals surface area (Å²) in [6, 6.07) is 24.7. The van der Waals surface area contributed by atoms with Gasteiger partial charge in [0.2, 0.25) is 0 Å². The number of fused-ring (bicyclic) bond motifs is 2. The van der Waals surface area contributed by atoms with E-state index in [4.69, 9.17) is 0 Å². The van der Waals surface area contributed by atoms with Crippen LogP contribution >= 0.6 is 11.8 Å². The van der Waals surface area contributed by atoms with Crippen molar-refractivity contribution in [2.24, 2.45) is 0 Å². The Bertz CT molecular complexity index is 1290. The molecule has 178 valence electrons. The smallest absolute Gasteiger partial charge is 0.418 e. The Morgan fingerprint density at radius 1 is 0.794 bits per heavy atom. The molecule has 3 fully saturated rings. The van der Waals surface area contributed by atoms with Crippen LogP contribution in [0.5, 0.6) is 0 Å². The van der Waals surface area contributed by atoms with E-state index >= 15 is 0 Å². The minimum atomic E-state index is -6.00. The number of halogens is 4. The van der Waals surface area contributed by atoms with Crippen LogP contribution in [0.4, 0.5) is 17.3 Å². The van der Waals surface area contributed by atoms with Crippen LogP contribution in [-0.4, -0.2) is 25.2 Å². The summed E-state index contributed by atoms with van der Waals surface area (Å²) in [6.07, 6.45) is 2.35. The summed E-state index contributed by atoms with van der Waals surface area (Å²) in [7, 11) is -9.34. The lowest BCUT2D eigenvalue weighted by Crippen LogP contribution is -2.77. The molecule has 0 spiro atoms. The third-order valence-electron chi connectivity index (χ3n) is 6.63. The molecule has 0 amide bonds. The predicted octanol–water partition coefficient (Wildman–Crippen LogP) is 6.94. The van der Waals surface area contributed by atoms with Gasteiger partial charge in [-0.25, -0.2) is 8.42 Å². The molecule has 2 bridgehead atoms. The highest BCUT2D eigenvalue weighted by Gasteiger charge is 2.83. The molecule has 3 aliphatic carbocycles. The number of hydrogen-bond acceptors (Lipinski definition) is 3. The first kappa shape index (κ1) is 23.8. The summed E-state index contributed by atoms with van der Waals surface area (Å²) >= 11 is 1.85. The highest BCUT2D eigenvalue weighted by atomic mass is 32.2. The van der Waals surface area contributed by atoms with Crippen molar-refractivity contribution in [1.29, 1.82) is 0 Å². The SMILES string of the molecule is Cc1ccc(S(=O)(=O)C23CC([S+]4c5ccccc5Sc5ccccc54)(C2)C3)cc1.F[B-](F)(F)F. The van der Waals surface area contributed by atoms with Crippen molar-refractivity contribution >= 4 is 39.7 Å². The van der Waals surface area contributed by atoms with Crippen LogP contribution in [0.3, 0.4) is 0 Å². The number of benzene rings is 3. The van der Waals surface area contributed by atoms with Gasteiger partial charge in [-0.3, -0.25) is 0 Å². The highest BCUT2D eigenvalue weighted by Crippen LogP contribution is 2.73. The van der Waals surface area contributed by atoms with Crippen LogP contribution < -0.4 is 0 Å². The molecule has 0 radical (unpaired) electrons. The van der Waals surface area contributed by atoms with E-state index in [1.807, 2.05) is 30.8 Å². The molecule has 0 atom stereocenters. The molecule has 4 aliphatic rings. The van der Waals surface area contributed by atoms with Crippen LogP contribution in [0, 0.1) is 6.92 Å². The molecule has 0 aromatic heterocycles. The maximum Gasteiger partial charge on any atom is 0.673 e. The predicted molar refractivity (Wildman–Crippen MR) is 129 cm³/mol. The molecule has 0 saturated heterocycles. The second-order valence-corrected chi connectivity index (χ2v) is 14.8. The van der Waals surface area contributed by atoms with Gasteiger partial charge in [0.15, 0.2) is 19.6 Å². The summed E-state index contributed by atoms with van der Waals surface area (Å²) < 4.78 is 65.4. The topological polar surface area (TPSA) is 34.1 Å². The molecule has 10 heteroatoms. The molecule has 0 unspecified atom stereocenters. The second kappa shape index (κ2) is 8.06. The molecular weight excluding hydrogens is 503 g/mol. The van der Waals surface area contributed by atoms with E-state index < -0.39 is 21.8 Å². The van der Waals surface area contributed by atoms with E-state index in [0.717, 1.165) is 24.8 Å². The molecular formula is C24H21BF4O2S3. The van der Waals surface area contributed by atoms with Crippen molar-refractivity contribution in [3.05, 3.63) is 78.4 Å². The summed E-state index contributed by atoms with van der Waals surface area (Å²) in [6.45, 7) is 1.99. The summed E-state index contributed by atoms with van der Waals surface area (Å²) in [5, 5.41) is 0. The lowest BCUT2D eigenvalue weighted by molar-refractivity contribution is 0.0829. The van der Waals surface area contributed by atoms with Crippen molar-refractivity contribution in [3.63, 3.8) is 0 Å². The minimum Gasteiger partial charge on any atom is -0.418 e. The van der Waals surface area contributed by atoms with E-state index in [2.05, 4.69) is 48.5 Å². The first-order chi connectivity index (χ1) is 15.9. The molecule has 0 N–H and O–H groups in total. The molecule has 3 aromatic carbocycles. The summed E-state index contributed by atoms with van der Waals surface area (Å²) in [5.41, 5.74) is 1.09. The molecule has 34 heavy (non-hydrogen) atoms. The van der Waals surface area contributed by atoms with E-state index in [1.54, 1.807) is 12.1 Å². The van der Waals surface area contributed by atoms with E-state index in [-0.39, 0.29) is 15.6 Å². The van der Waals surface area contributed by atoms with Crippen molar-refractivity contribution in [1.82, 2.24) is 0 Å². The number of hydrogen-bond donors (Lipinski definition) is 0. The largest absolute Gasteiger partial charge is 0.673 e. The van der Waals surface area contributed by atoms with Gasteiger partial charge in [0.05, 0.1) is 30.3 Å². The van der Waals surface area contributed by atoms with Crippen molar-refractivity contribution < 1.29 is 25.7 Å². The first-order valence-electron chi connectivity index (χ1n) is 10.7. The van der Waals surface area contributed by atoms with Gasteiger partial charge >= 0.3 is 7.25 Å². The number of aryl methyl sites for hydroxylation is 1. The Balaban J connectivity index is 0.000000439. The maximum atomic E-state index is 13.4. The summed E-state index contributed by atoms with van der Waals surface area (Å²) in [4.78, 5) is 5.94. The lowest BCUT2D eigenvalue weighted by Gasteiger charge is -2.66. The molecule has 3 saturated carbocycles. The van der Waals surface area contributed by atoms with E-state index in [1.165, 1.54) is 19.6 Å². The quantitative estimate of drug-likeness (QED) is 0.211. The number of rotatable bonds is 3. The maximum absolute atomic E-state index is 13.4. The monoisotopic (exact) mass is 524 g/mol. The van der Waals surface area contributed by atoms with Crippen molar-refractivity contribution in [2.45, 2.75) is 60.2 Å². The van der Waals surface area contributed by atoms with Crippen LogP contribution in [0.25, 0.3) is 0 Å². The van der Waals surface area contributed by atoms with Gasteiger partial charge in [-0.1, -0.05) is 53.7 Å². The average Bonchev–Trinajstić information content (AvgIpc) is 2.70. The zero-order valence-corrected chi connectivity index (χ0v) is 20.6. The highest BCUT2D eigenvalue weighted by molar-refractivity contribution is 8.05. The van der Waals surface area contributed by atoms with E-state index in [0.29, 0.717) is 4.90 Å². The molecule has 3 aromatic rings. The molecule has 2 nitrogen and oxygen atoms in total. The second-order valence-electron chi connectivity index (χ2n) is 9.01. The van der Waals surface area contributed by atoms with Gasteiger partial charge in [-0.2, -0.15) is 0 Å². The fraction of sp³-hybridized carbons (Fsp3) is 0.250. The van der Waals surface area contributed by atoms with E-state index in [9.17, 15) is 25.7 Å². The van der Waals surface area contributed by atoms with Gasteiger partial charge in [-0.05, 0) is 43.3 Å². The van der Waals surface area contributed by atoms with Crippen molar-refractivity contribution in [3.8, 4) is 0 Å². The van der Waals surface area contributed by atoms with Gasteiger partial charge in [0.25, 0.3) is 0 Å². The standard InChI is InChI=1S/C24H21O2S3.BF4/c1-17-10-12-18(13-11-17)29(25,26)24-14-23(15-24,16-24)28-21-8-4-2-6-19(21)27-20-7-3-5-9-22(20)28;2-1(3,4)5/h2-13H,14-16H2,1H3;/q+1;-1.